The van der Waals surface area contributed by atoms with E-state index in [1.54, 1.807) is 30.6 Å². The van der Waals surface area contributed by atoms with Crippen LogP contribution in [-0.2, 0) is 4.79 Å². The molecule has 0 atom stereocenters. The molecule has 1 aliphatic rings. The summed E-state index contributed by atoms with van der Waals surface area (Å²) in [5.41, 5.74) is 4.43. The lowest BCUT2D eigenvalue weighted by molar-refractivity contribution is -0.117. The summed E-state index contributed by atoms with van der Waals surface area (Å²) in [5.74, 6) is 6.59. The van der Waals surface area contributed by atoms with Gasteiger partial charge in [0.2, 0.25) is 5.91 Å². The number of nitrogens with zero attached hydrogens (tertiary/aromatic N) is 3. The summed E-state index contributed by atoms with van der Waals surface area (Å²) < 4.78 is 0. The van der Waals surface area contributed by atoms with Crippen molar-refractivity contribution in [3.05, 3.63) is 52.9 Å². The second-order valence-corrected chi connectivity index (χ2v) is 6.31. The van der Waals surface area contributed by atoms with Crippen LogP contribution in [0, 0.1) is 11.8 Å². The van der Waals surface area contributed by atoms with Gasteiger partial charge in [-0.05, 0) is 38.1 Å². The van der Waals surface area contributed by atoms with Crippen molar-refractivity contribution in [2.45, 2.75) is 25.8 Å². The zero-order valence-corrected chi connectivity index (χ0v) is 13.6. The number of anilines is 1. The van der Waals surface area contributed by atoms with Gasteiger partial charge in [0.15, 0.2) is 0 Å². The molecule has 5 nitrogen and oxygen atoms in total. The molecule has 1 aliphatic heterocycles. The molecule has 0 aromatic carbocycles. The molecule has 1 amide bonds. The van der Waals surface area contributed by atoms with Crippen LogP contribution in [0.3, 0.4) is 0 Å². The number of hydrazine groups is 1. The number of halogens is 1. The highest BCUT2D eigenvalue weighted by Gasteiger charge is 2.36. The fraction of sp³-hybridized carbons (Fsp3) is 0.235. The van der Waals surface area contributed by atoms with E-state index in [1.165, 1.54) is 5.01 Å². The first-order valence-electron chi connectivity index (χ1n) is 7.13. The minimum absolute atomic E-state index is 0.00719. The number of aromatic nitrogens is 2. The third-order valence-corrected chi connectivity index (χ3v) is 3.52. The molecule has 0 saturated carbocycles. The second kappa shape index (κ2) is 5.99. The lowest BCUT2D eigenvalue weighted by atomic mass is 10.0. The van der Waals surface area contributed by atoms with E-state index in [0.29, 0.717) is 17.4 Å². The molecule has 3 heterocycles. The average molecular weight is 327 g/mol. The van der Waals surface area contributed by atoms with Gasteiger partial charge in [-0.15, -0.1) is 0 Å². The maximum Gasteiger partial charge on any atom is 0.244 e. The summed E-state index contributed by atoms with van der Waals surface area (Å²) in [6.07, 6.45) is 3.70. The van der Waals surface area contributed by atoms with Crippen molar-refractivity contribution in [1.82, 2.24) is 15.4 Å². The van der Waals surface area contributed by atoms with Crippen LogP contribution < -0.4 is 10.4 Å². The van der Waals surface area contributed by atoms with Crippen molar-refractivity contribution < 1.29 is 4.79 Å². The van der Waals surface area contributed by atoms with Gasteiger partial charge in [-0.2, -0.15) is 0 Å². The van der Waals surface area contributed by atoms with Crippen molar-refractivity contribution in [1.29, 1.82) is 0 Å². The van der Waals surface area contributed by atoms with E-state index in [9.17, 15) is 4.79 Å². The number of hydrogen-bond acceptors (Lipinski definition) is 4. The quantitative estimate of drug-likeness (QED) is 0.646. The molecule has 23 heavy (non-hydrogen) atoms. The van der Waals surface area contributed by atoms with E-state index in [1.807, 2.05) is 19.9 Å². The maximum atomic E-state index is 12.0. The molecule has 3 rings (SSSR count). The van der Waals surface area contributed by atoms with Crippen LogP contribution in [0.25, 0.3) is 0 Å². The van der Waals surface area contributed by atoms with E-state index in [-0.39, 0.29) is 11.4 Å². The Morgan fingerprint density at radius 1 is 1.22 bits per heavy atom. The number of carbonyl (C=O) groups is 1. The van der Waals surface area contributed by atoms with E-state index in [4.69, 9.17) is 11.6 Å². The molecule has 6 heteroatoms. The normalized spacial score (nSPS) is 16.1. The standard InChI is InChI=1S/C17H15ClN4O/c1-17(2)10-16(23)22(21-17)15-6-5-13(11-20-15)4-3-12-7-8-19-14(18)9-12/h5-9,11,21H,10H2,1-2H3. The van der Waals surface area contributed by atoms with Gasteiger partial charge in [-0.25, -0.2) is 20.4 Å². The highest BCUT2D eigenvalue weighted by molar-refractivity contribution is 6.29. The van der Waals surface area contributed by atoms with E-state index < -0.39 is 0 Å². The molecule has 2 aromatic heterocycles. The SMILES string of the molecule is CC1(C)CC(=O)N(c2ccc(C#Cc3ccnc(Cl)c3)cn2)N1. The van der Waals surface area contributed by atoms with Gasteiger partial charge >= 0.3 is 0 Å². The van der Waals surface area contributed by atoms with Gasteiger partial charge in [0.1, 0.15) is 11.0 Å². The summed E-state index contributed by atoms with van der Waals surface area (Å²) in [6.45, 7) is 3.95. The molecule has 0 radical (unpaired) electrons. The van der Waals surface area contributed by atoms with E-state index in [2.05, 4.69) is 27.2 Å². The number of rotatable bonds is 1. The minimum Gasteiger partial charge on any atom is -0.273 e. The smallest absolute Gasteiger partial charge is 0.244 e. The van der Waals surface area contributed by atoms with Gasteiger partial charge in [-0.1, -0.05) is 23.4 Å². The summed E-state index contributed by atoms with van der Waals surface area (Å²) >= 11 is 5.82. The molecule has 0 aliphatic carbocycles. The van der Waals surface area contributed by atoms with Crippen molar-refractivity contribution >= 4 is 23.3 Å². The highest BCUT2D eigenvalue weighted by atomic mass is 35.5. The van der Waals surface area contributed by atoms with Crippen molar-refractivity contribution in [2.75, 3.05) is 5.01 Å². The molecular formula is C17H15ClN4O. The lowest BCUT2D eigenvalue weighted by Gasteiger charge is -2.20. The third-order valence-electron chi connectivity index (χ3n) is 3.31. The van der Waals surface area contributed by atoms with Crippen LogP contribution in [-0.4, -0.2) is 21.4 Å². The molecule has 0 bridgehead atoms. The van der Waals surface area contributed by atoms with Crippen molar-refractivity contribution in [3.63, 3.8) is 0 Å². The highest BCUT2D eigenvalue weighted by Crippen LogP contribution is 2.23. The Kier molecular flexibility index (Phi) is 4.03. The first kappa shape index (κ1) is 15.5. The molecule has 1 fully saturated rings. The van der Waals surface area contributed by atoms with Crippen LogP contribution in [0.2, 0.25) is 5.15 Å². The number of amides is 1. The summed E-state index contributed by atoms with van der Waals surface area (Å²) in [5, 5.41) is 1.89. The Hall–Kier alpha value is -2.42. The minimum atomic E-state index is -0.252. The zero-order valence-electron chi connectivity index (χ0n) is 12.8. The maximum absolute atomic E-state index is 12.0. The zero-order chi connectivity index (χ0) is 16.4. The molecule has 0 spiro atoms. The van der Waals surface area contributed by atoms with Crippen molar-refractivity contribution in [3.8, 4) is 11.8 Å². The van der Waals surface area contributed by atoms with Crippen LogP contribution in [0.15, 0.2) is 36.7 Å². The van der Waals surface area contributed by atoms with Crippen LogP contribution in [0.1, 0.15) is 31.4 Å². The summed E-state index contributed by atoms with van der Waals surface area (Å²) in [4.78, 5) is 20.2. The molecule has 1 saturated heterocycles. The molecular weight excluding hydrogens is 312 g/mol. The number of hydrogen-bond donors (Lipinski definition) is 1. The van der Waals surface area contributed by atoms with Gasteiger partial charge in [0, 0.05) is 35.5 Å². The van der Waals surface area contributed by atoms with Gasteiger partial charge in [0.05, 0.1) is 0 Å². The van der Waals surface area contributed by atoms with Crippen molar-refractivity contribution in [2.24, 2.45) is 0 Å². The lowest BCUT2D eigenvalue weighted by Crippen LogP contribution is -2.42. The monoisotopic (exact) mass is 326 g/mol. The fourth-order valence-electron chi connectivity index (χ4n) is 2.26. The Morgan fingerprint density at radius 3 is 2.61 bits per heavy atom. The average Bonchev–Trinajstić information content (AvgIpc) is 2.79. The predicted octanol–water partition coefficient (Wildman–Crippen LogP) is 2.55. The topological polar surface area (TPSA) is 58.1 Å². The van der Waals surface area contributed by atoms with Crippen LogP contribution >= 0.6 is 11.6 Å². The molecule has 2 aromatic rings. The third kappa shape index (κ3) is 3.67. The summed E-state index contributed by atoms with van der Waals surface area (Å²) in [6, 6.07) is 7.09. The van der Waals surface area contributed by atoms with Gasteiger partial charge < -0.3 is 0 Å². The first-order valence-corrected chi connectivity index (χ1v) is 7.51. The number of pyridine rings is 2. The van der Waals surface area contributed by atoms with Crippen LogP contribution in [0.4, 0.5) is 5.82 Å². The molecule has 116 valence electrons. The number of nitrogens with one attached hydrogen (secondary N) is 1. The largest absolute Gasteiger partial charge is 0.273 e. The Bertz CT molecular complexity index is 805. The summed E-state index contributed by atoms with van der Waals surface area (Å²) in [7, 11) is 0. The molecule has 1 N–H and O–H groups in total. The van der Waals surface area contributed by atoms with E-state index in [0.717, 1.165) is 11.1 Å². The Labute approximate surface area is 139 Å². The van der Waals surface area contributed by atoms with Gasteiger partial charge in [0.25, 0.3) is 0 Å². The second-order valence-electron chi connectivity index (χ2n) is 5.92. The molecule has 0 unspecified atom stereocenters. The van der Waals surface area contributed by atoms with Crippen LogP contribution in [0.5, 0.6) is 0 Å². The Balaban J connectivity index is 1.77. The predicted molar refractivity (Wildman–Crippen MR) is 88.8 cm³/mol. The first-order chi connectivity index (χ1) is 10.9. The number of carbonyl (C=O) groups excluding carboxylic acids is 1. The van der Waals surface area contributed by atoms with E-state index >= 15 is 0 Å². The van der Waals surface area contributed by atoms with Gasteiger partial charge in [-0.3, -0.25) is 4.79 Å². The fourth-order valence-corrected chi connectivity index (χ4v) is 2.44. The Morgan fingerprint density at radius 2 is 2.00 bits per heavy atom.